The lowest BCUT2D eigenvalue weighted by molar-refractivity contribution is 0.672. The first-order valence-corrected chi connectivity index (χ1v) is 5.89. The van der Waals surface area contributed by atoms with Crippen LogP contribution in [0.25, 0.3) is 10.9 Å². The number of hydrogen-bond acceptors (Lipinski definition) is 2. The van der Waals surface area contributed by atoms with E-state index >= 15 is 0 Å². The third kappa shape index (κ3) is 2.80. The highest BCUT2D eigenvalue weighted by molar-refractivity contribution is 5.78. The van der Waals surface area contributed by atoms with Crippen molar-refractivity contribution < 1.29 is 0 Å². The lowest BCUT2D eigenvalue weighted by atomic mass is 10.1. The fourth-order valence-electron chi connectivity index (χ4n) is 1.86. The van der Waals surface area contributed by atoms with E-state index in [2.05, 4.69) is 40.6 Å². The molecular weight excluding hydrogens is 196 g/mol. The van der Waals surface area contributed by atoms with Gasteiger partial charge in [0.2, 0.25) is 0 Å². The maximum absolute atomic E-state index is 4.65. The largest absolute Gasteiger partial charge is 0.320 e. The summed E-state index contributed by atoms with van der Waals surface area (Å²) in [5.41, 5.74) is 2.31. The van der Waals surface area contributed by atoms with Crippen LogP contribution in [-0.2, 0) is 6.42 Å². The van der Waals surface area contributed by atoms with Gasteiger partial charge in [0.1, 0.15) is 0 Å². The number of para-hydroxylation sites is 1. The van der Waals surface area contributed by atoms with E-state index in [0.29, 0.717) is 0 Å². The van der Waals surface area contributed by atoms with Crippen molar-refractivity contribution in [2.75, 3.05) is 13.6 Å². The van der Waals surface area contributed by atoms with Gasteiger partial charge in [-0.2, -0.15) is 0 Å². The summed E-state index contributed by atoms with van der Waals surface area (Å²) in [7, 11) is 1.99. The lowest BCUT2D eigenvalue weighted by Gasteiger charge is -2.03. The van der Waals surface area contributed by atoms with Crippen molar-refractivity contribution in [3.05, 3.63) is 42.1 Å². The minimum Gasteiger partial charge on any atom is -0.320 e. The molecule has 0 fully saturated rings. The number of fused-ring (bicyclic) bond motifs is 1. The fraction of sp³-hybridized carbons (Fsp3) is 0.357. The van der Waals surface area contributed by atoms with Crippen LogP contribution in [0.15, 0.2) is 36.4 Å². The SMILES string of the molecule is CNCCCCc1ccc2ccccc2n1. The molecule has 1 aromatic heterocycles. The van der Waals surface area contributed by atoms with Crippen LogP contribution in [0.3, 0.4) is 0 Å². The molecule has 2 aromatic rings. The molecule has 1 aromatic carbocycles. The van der Waals surface area contributed by atoms with Crippen LogP contribution in [0.4, 0.5) is 0 Å². The maximum Gasteiger partial charge on any atom is 0.0705 e. The van der Waals surface area contributed by atoms with Crippen molar-refractivity contribution >= 4 is 10.9 Å². The molecule has 0 saturated carbocycles. The smallest absolute Gasteiger partial charge is 0.0705 e. The van der Waals surface area contributed by atoms with Crippen LogP contribution >= 0.6 is 0 Å². The van der Waals surface area contributed by atoms with Crippen LogP contribution in [-0.4, -0.2) is 18.6 Å². The lowest BCUT2D eigenvalue weighted by Crippen LogP contribution is -2.07. The fourth-order valence-corrected chi connectivity index (χ4v) is 1.86. The van der Waals surface area contributed by atoms with Crippen molar-refractivity contribution in [1.82, 2.24) is 10.3 Å². The van der Waals surface area contributed by atoms with Gasteiger partial charge in [0, 0.05) is 11.1 Å². The highest BCUT2D eigenvalue weighted by Crippen LogP contribution is 2.12. The number of nitrogens with zero attached hydrogens (tertiary/aromatic N) is 1. The van der Waals surface area contributed by atoms with Gasteiger partial charge in [-0.1, -0.05) is 24.3 Å². The van der Waals surface area contributed by atoms with Crippen LogP contribution in [0.5, 0.6) is 0 Å². The Labute approximate surface area is 96.7 Å². The highest BCUT2D eigenvalue weighted by Gasteiger charge is 1.97. The molecule has 0 bridgehead atoms. The van der Waals surface area contributed by atoms with E-state index in [4.69, 9.17) is 0 Å². The number of rotatable bonds is 5. The first-order chi connectivity index (χ1) is 7.90. The average molecular weight is 214 g/mol. The molecule has 2 heteroatoms. The predicted molar refractivity (Wildman–Crippen MR) is 68.6 cm³/mol. The minimum absolute atomic E-state index is 1.08. The quantitative estimate of drug-likeness (QED) is 0.774. The van der Waals surface area contributed by atoms with Gasteiger partial charge in [-0.3, -0.25) is 4.98 Å². The van der Waals surface area contributed by atoms with E-state index in [0.717, 1.165) is 18.5 Å². The molecule has 0 atom stereocenters. The summed E-state index contributed by atoms with van der Waals surface area (Å²) in [5.74, 6) is 0. The van der Waals surface area contributed by atoms with Crippen LogP contribution < -0.4 is 5.32 Å². The molecule has 16 heavy (non-hydrogen) atoms. The summed E-state index contributed by atoms with van der Waals surface area (Å²) in [6.45, 7) is 1.09. The molecular formula is C14H18N2. The third-order valence-electron chi connectivity index (χ3n) is 2.77. The molecule has 0 radical (unpaired) electrons. The van der Waals surface area contributed by atoms with Crippen LogP contribution in [0.1, 0.15) is 18.5 Å². The molecule has 0 aliphatic heterocycles. The molecule has 0 aliphatic carbocycles. The van der Waals surface area contributed by atoms with Gasteiger partial charge in [0.15, 0.2) is 0 Å². The van der Waals surface area contributed by atoms with E-state index in [9.17, 15) is 0 Å². The van der Waals surface area contributed by atoms with E-state index in [1.54, 1.807) is 0 Å². The second kappa shape index (κ2) is 5.61. The Bertz CT molecular complexity index is 451. The van der Waals surface area contributed by atoms with Gasteiger partial charge in [-0.25, -0.2) is 0 Å². The Morgan fingerprint density at radius 3 is 2.81 bits per heavy atom. The zero-order valence-corrected chi connectivity index (χ0v) is 9.74. The highest BCUT2D eigenvalue weighted by atomic mass is 14.8. The summed E-state index contributed by atoms with van der Waals surface area (Å²) in [5, 5.41) is 4.39. The molecule has 0 saturated heterocycles. The van der Waals surface area contributed by atoms with Crippen molar-refractivity contribution in [2.45, 2.75) is 19.3 Å². The van der Waals surface area contributed by atoms with E-state index in [-0.39, 0.29) is 0 Å². The Morgan fingerprint density at radius 1 is 1.06 bits per heavy atom. The first kappa shape index (κ1) is 11.1. The van der Waals surface area contributed by atoms with Crippen molar-refractivity contribution in [1.29, 1.82) is 0 Å². The van der Waals surface area contributed by atoms with Crippen molar-refractivity contribution in [2.24, 2.45) is 0 Å². The third-order valence-corrected chi connectivity index (χ3v) is 2.77. The molecule has 0 unspecified atom stereocenters. The molecule has 2 rings (SSSR count). The summed E-state index contributed by atoms with van der Waals surface area (Å²) in [6, 6.07) is 12.6. The minimum atomic E-state index is 1.08. The van der Waals surface area contributed by atoms with Gasteiger partial charge in [-0.15, -0.1) is 0 Å². The zero-order chi connectivity index (χ0) is 11.2. The molecule has 0 aliphatic rings. The number of hydrogen-bond donors (Lipinski definition) is 1. The van der Waals surface area contributed by atoms with Gasteiger partial charge >= 0.3 is 0 Å². The monoisotopic (exact) mass is 214 g/mol. The Morgan fingerprint density at radius 2 is 1.94 bits per heavy atom. The number of pyridine rings is 1. The predicted octanol–water partition coefficient (Wildman–Crippen LogP) is 2.78. The van der Waals surface area contributed by atoms with Gasteiger partial charge in [0.25, 0.3) is 0 Å². The molecule has 1 N–H and O–H groups in total. The zero-order valence-electron chi connectivity index (χ0n) is 9.74. The molecule has 0 amide bonds. The number of nitrogens with one attached hydrogen (secondary N) is 1. The Kier molecular flexibility index (Phi) is 3.89. The average Bonchev–Trinajstić information content (AvgIpc) is 2.34. The summed E-state index contributed by atoms with van der Waals surface area (Å²) >= 11 is 0. The second-order valence-electron chi connectivity index (χ2n) is 4.06. The Balaban J connectivity index is 2.02. The first-order valence-electron chi connectivity index (χ1n) is 5.89. The second-order valence-corrected chi connectivity index (χ2v) is 4.06. The molecule has 2 nitrogen and oxygen atoms in total. The van der Waals surface area contributed by atoms with Crippen molar-refractivity contribution in [3.63, 3.8) is 0 Å². The summed E-state index contributed by atoms with van der Waals surface area (Å²) in [6.07, 6.45) is 3.49. The van der Waals surface area contributed by atoms with E-state index in [1.807, 2.05) is 13.1 Å². The molecule has 84 valence electrons. The molecule has 1 heterocycles. The topological polar surface area (TPSA) is 24.9 Å². The normalized spacial score (nSPS) is 10.8. The van der Waals surface area contributed by atoms with Gasteiger partial charge in [-0.05, 0) is 45.0 Å². The number of benzene rings is 1. The summed E-state index contributed by atoms with van der Waals surface area (Å²) < 4.78 is 0. The standard InChI is InChI=1S/C14H18N2/c1-15-11-5-4-7-13-10-9-12-6-2-3-8-14(12)16-13/h2-3,6,8-10,15H,4-5,7,11H2,1H3. The van der Waals surface area contributed by atoms with Crippen molar-refractivity contribution in [3.8, 4) is 0 Å². The number of unbranched alkanes of at least 4 members (excludes halogenated alkanes) is 1. The van der Waals surface area contributed by atoms with Gasteiger partial charge < -0.3 is 5.32 Å². The van der Waals surface area contributed by atoms with E-state index in [1.165, 1.54) is 23.9 Å². The maximum atomic E-state index is 4.65. The molecule has 0 spiro atoms. The van der Waals surface area contributed by atoms with Crippen LogP contribution in [0.2, 0.25) is 0 Å². The summed E-state index contributed by atoms with van der Waals surface area (Å²) in [4.78, 5) is 4.65. The number of aryl methyl sites for hydroxylation is 1. The Hall–Kier alpha value is -1.41. The van der Waals surface area contributed by atoms with E-state index < -0.39 is 0 Å². The van der Waals surface area contributed by atoms with Gasteiger partial charge in [0.05, 0.1) is 5.52 Å². The van der Waals surface area contributed by atoms with Crippen LogP contribution in [0, 0.1) is 0 Å². The number of aromatic nitrogens is 1.